The van der Waals surface area contributed by atoms with Crippen molar-refractivity contribution in [3.05, 3.63) is 47.9 Å². The van der Waals surface area contributed by atoms with Gasteiger partial charge in [0.2, 0.25) is 0 Å². The van der Waals surface area contributed by atoms with E-state index in [4.69, 9.17) is 4.74 Å². The third-order valence-electron chi connectivity index (χ3n) is 6.06. The molecule has 1 unspecified atom stereocenters. The van der Waals surface area contributed by atoms with Crippen LogP contribution in [0.5, 0.6) is 0 Å². The summed E-state index contributed by atoms with van der Waals surface area (Å²) in [6.07, 6.45) is 2.16. The number of carboxylic acid groups (broad SMARTS) is 1. The van der Waals surface area contributed by atoms with E-state index in [-0.39, 0.29) is 6.04 Å². The lowest BCUT2D eigenvalue weighted by atomic mass is 10.0. The molecular formula is C25H32N6O4. The Morgan fingerprint density at radius 2 is 2.00 bits per heavy atom. The zero-order valence-corrected chi connectivity index (χ0v) is 20.8. The minimum absolute atomic E-state index is 0.0488. The molecule has 2 amide bonds. The van der Waals surface area contributed by atoms with Crippen LogP contribution < -0.4 is 10.2 Å². The van der Waals surface area contributed by atoms with E-state index in [0.29, 0.717) is 26.2 Å². The van der Waals surface area contributed by atoms with Crippen molar-refractivity contribution in [3.63, 3.8) is 0 Å². The number of aryl methyl sites for hydroxylation is 1. The van der Waals surface area contributed by atoms with Crippen LogP contribution in [0.25, 0.3) is 16.8 Å². The highest BCUT2D eigenvalue weighted by Crippen LogP contribution is 2.29. The topological polar surface area (TPSA) is 112 Å². The van der Waals surface area contributed by atoms with Gasteiger partial charge in [-0.15, -0.1) is 0 Å². The molecule has 1 saturated heterocycles. The number of carbonyl (C=O) groups is 2. The quantitative estimate of drug-likeness (QED) is 0.582. The van der Waals surface area contributed by atoms with Gasteiger partial charge in [0.25, 0.3) is 0 Å². The lowest BCUT2D eigenvalue weighted by Crippen LogP contribution is -2.53. The van der Waals surface area contributed by atoms with E-state index < -0.39 is 17.8 Å². The molecule has 1 aromatic carbocycles. The zero-order valence-electron chi connectivity index (χ0n) is 20.8. The van der Waals surface area contributed by atoms with Crippen molar-refractivity contribution in [3.8, 4) is 11.3 Å². The Morgan fingerprint density at radius 3 is 2.66 bits per heavy atom. The number of rotatable bonds is 4. The van der Waals surface area contributed by atoms with Gasteiger partial charge in [-0.25, -0.2) is 19.1 Å². The molecule has 2 aromatic heterocycles. The number of anilines is 1. The van der Waals surface area contributed by atoms with Gasteiger partial charge in [-0.2, -0.15) is 5.10 Å². The number of benzene rings is 1. The fourth-order valence-corrected chi connectivity index (χ4v) is 4.33. The first kappa shape index (κ1) is 24.3. The Kier molecular flexibility index (Phi) is 6.56. The summed E-state index contributed by atoms with van der Waals surface area (Å²) < 4.78 is 7.12. The van der Waals surface area contributed by atoms with Crippen molar-refractivity contribution in [2.75, 3.05) is 24.5 Å². The molecule has 4 rings (SSSR count). The number of piperazine rings is 1. The third-order valence-corrected chi connectivity index (χ3v) is 6.06. The van der Waals surface area contributed by atoms with E-state index in [2.05, 4.69) is 32.4 Å². The van der Waals surface area contributed by atoms with Crippen molar-refractivity contribution < 1.29 is 19.4 Å². The fraction of sp³-hybridized carbons (Fsp3) is 0.440. The van der Waals surface area contributed by atoms with Crippen LogP contribution in [0.4, 0.5) is 15.3 Å². The first-order chi connectivity index (χ1) is 16.5. The molecule has 3 aromatic rings. The van der Waals surface area contributed by atoms with E-state index in [0.717, 1.165) is 33.6 Å². The maximum atomic E-state index is 12.0. The molecule has 10 nitrogen and oxygen atoms in total. The first-order valence-corrected chi connectivity index (χ1v) is 11.7. The summed E-state index contributed by atoms with van der Waals surface area (Å²) in [4.78, 5) is 31.5. The van der Waals surface area contributed by atoms with Gasteiger partial charge in [-0.3, -0.25) is 0 Å². The standard InChI is InChI=1S/C25H32N6O4/c1-16-10-18(6-7-19(16)12-26-23(32)35-25(3,4)5)22-21-11-20(14-31(21)28-15-27-22)30-9-8-29(24(33)34)13-17(30)2/h6-7,10-11,14-15,17H,8-9,12-13H2,1-5H3,(H,26,32)(H,33,34). The van der Waals surface area contributed by atoms with Crippen LogP contribution in [-0.2, 0) is 11.3 Å². The highest BCUT2D eigenvalue weighted by molar-refractivity contribution is 5.80. The van der Waals surface area contributed by atoms with Crippen LogP contribution in [0.3, 0.4) is 0 Å². The summed E-state index contributed by atoms with van der Waals surface area (Å²) in [5.74, 6) is 0. The Balaban J connectivity index is 1.54. The number of ether oxygens (including phenoxy) is 1. The number of nitrogens with one attached hydrogen (secondary N) is 1. The number of amides is 2. The minimum Gasteiger partial charge on any atom is -0.465 e. The Bertz CT molecular complexity index is 1250. The molecule has 35 heavy (non-hydrogen) atoms. The number of fused-ring (bicyclic) bond motifs is 1. The highest BCUT2D eigenvalue weighted by atomic mass is 16.6. The molecule has 1 atom stereocenters. The van der Waals surface area contributed by atoms with Crippen LogP contribution in [0.1, 0.15) is 38.8 Å². The van der Waals surface area contributed by atoms with Crippen molar-refractivity contribution in [2.24, 2.45) is 0 Å². The van der Waals surface area contributed by atoms with Gasteiger partial charge in [-0.1, -0.05) is 12.1 Å². The van der Waals surface area contributed by atoms with Gasteiger partial charge in [-0.05, 0) is 57.9 Å². The summed E-state index contributed by atoms with van der Waals surface area (Å²) in [6.45, 7) is 11.4. The molecule has 0 spiro atoms. The SMILES string of the molecule is Cc1cc(-c2ncnn3cc(N4CCN(C(=O)O)CC4C)cc23)ccc1CNC(=O)OC(C)(C)C. The predicted molar refractivity (Wildman–Crippen MR) is 133 cm³/mol. The average molecular weight is 481 g/mol. The molecule has 1 aliphatic rings. The van der Waals surface area contributed by atoms with Crippen LogP contribution in [0, 0.1) is 6.92 Å². The van der Waals surface area contributed by atoms with E-state index in [1.807, 2.05) is 52.9 Å². The second kappa shape index (κ2) is 9.44. The Morgan fingerprint density at radius 1 is 1.23 bits per heavy atom. The number of carbonyl (C=O) groups excluding carboxylic acids is 1. The van der Waals surface area contributed by atoms with Gasteiger partial charge >= 0.3 is 12.2 Å². The summed E-state index contributed by atoms with van der Waals surface area (Å²) in [5, 5.41) is 16.5. The number of hydrogen-bond acceptors (Lipinski definition) is 6. The lowest BCUT2D eigenvalue weighted by Gasteiger charge is -2.39. The molecule has 1 aliphatic heterocycles. The van der Waals surface area contributed by atoms with Gasteiger partial charge in [0.15, 0.2) is 0 Å². The molecular weight excluding hydrogens is 448 g/mol. The summed E-state index contributed by atoms with van der Waals surface area (Å²) in [6, 6.07) is 8.12. The molecule has 0 bridgehead atoms. The number of nitrogens with zero attached hydrogens (tertiary/aromatic N) is 5. The first-order valence-electron chi connectivity index (χ1n) is 11.7. The van der Waals surface area contributed by atoms with E-state index >= 15 is 0 Å². The fourth-order valence-electron chi connectivity index (χ4n) is 4.33. The van der Waals surface area contributed by atoms with Gasteiger partial charge in [0.1, 0.15) is 11.9 Å². The number of alkyl carbamates (subject to hydrolysis) is 1. The maximum absolute atomic E-state index is 12.0. The van der Waals surface area contributed by atoms with Gasteiger partial charge in [0, 0.05) is 37.8 Å². The Labute approximate surface area is 204 Å². The molecule has 2 N–H and O–H groups in total. The maximum Gasteiger partial charge on any atom is 0.407 e. The number of hydrogen-bond donors (Lipinski definition) is 2. The normalized spacial score (nSPS) is 16.4. The summed E-state index contributed by atoms with van der Waals surface area (Å²) in [5.41, 5.74) is 5.08. The van der Waals surface area contributed by atoms with Crippen molar-refractivity contribution >= 4 is 23.4 Å². The highest BCUT2D eigenvalue weighted by Gasteiger charge is 2.27. The molecule has 10 heteroatoms. The lowest BCUT2D eigenvalue weighted by molar-refractivity contribution is 0.0523. The molecule has 3 heterocycles. The van der Waals surface area contributed by atoms with Crippen LogP contribution in [0.15, 0.2) is 36.8 Å². The minimum atomic E-state index is -0.883. The molecule has 1 fully saturated rings. The third kappa shape index (κ3) is 5.47. The Hall–Kier alpha value is -3.82. The predicted octanol–water partition coefficient (Wildman–Crippen LogP) is 3.92. The molecule has 0 aliphatic carbocycles. The number of aromatic nitrogens is 3. The van der Waals surface area contributed by atoms with Crippen LogP contribution in [-0.4, -0.2) is 68.1 Å². The second-order valence-corrected chi connectivity index (χ2v) is 9.90. The molecule has 0 saturated carbocycles. The van der Waals surface area contributed by atoms with Gasteiger partial charge < -0.3 is 25.0 Å². The van der Waals surface area contributed by atoms with E-state index in [9.17, 15) is 14.7 Å². The second-order valence-electron chi connectivity index (χ2n) is 9.90. The smallest absolute Gasteiger partial charge is 0.407 e. The van der Waals surface area contributed by atoms with Crippen molar-refractivity contribution in [1.82, 2.24) is 24.8 Å². The summed E-state index contributed by atoms with van der Waals surface area (Å²) in [7, 11) is 0. The molecule has 186 valence electrons. The van der Waals surface area contributed by atoms with Gasteiger partial charge in [0.05, 0.1) is 23.1 Å². The zero-order chi connectivity index (χ0) is 25.3. The average Bonchev–Trinajstić information content (AvgIpc) is 3.21. The van der Waals surface area contributed by atoms with E-state index in [1.54, 1.807) is 4.52 Å². The summed E-state index contributed by atoms with van der Waals surface area (Å²) >= 11 is 0. The van der Waals surface area contributed by atoms with Crippen molar-refractivity contribution in [1.29, 1.82) is 0 Å². The largest absolute Gasteiger partial charge is 0.465 e. The monoisotopic (exact) mass is 480 g/mol. The molecule has 0 radical (unpaired) electrons. The van der Waals surface area contributed by atoms with Crippen LogP contribution >= 0.6 is 0 Å². The van der Waals surface area contributed by atoms with Crippen LogP contribution in [0.2, 0.25) is 0 Å². The van der Waals surface area contributed by atoms with Crippen molar-refractivity contribution in [2.45, 2.75) is 52.8 Å². The van der Waals surface area contributed by atoms with E-state index in [1.165, 1.54) is 11.2 Å².